The lowest BCUT2D eigenvalue weighted by Crippen LogP contribution is -2.43. The van der Waals surface area contributed by atoms with Crippen LogP contribution in [0.15, 0.2) is 24.3 Å². The molecule has 5 heteroatoms. The van der Waals surface area contributed by atoms with E-state index in [2.05, 4.69) is 0 Å². The Hall–Kier alpha value is -0.710. The third-order valence-electron chi connectivity index (χ3n) is 3.30. The lowest BCUT2D eigenvalue weighted by atomic mass is 10.1. The first-order valence-corrected chi connectivity index (χ1v) is 8.04. The van der Waals surface area contributed by atoms with Crippen LogP contribution in [0.1, 0.15) is 18.4 Å². The number of nitrogens with zero attached hydrogens (tertiary/aromatic N) is 1. The Morgan fingerprint density at radius 1 is 1.32 bits per heavy atom. The molecule has 0 aromatic heterocycles. The maximum atomic E-state index is 12.0. The van der Waals surface area contributed by atoms with E-state index in [4.69, 9.17) is 17.3 Å². The Morgan fingerprint density at radius 3 is 2.58 bits per heavy atom. The van der Waals surface area contributed by atoms with Crippen LogP contribution in [-0.2, 0) is 10.5 Å². The van der Waals surface area contributed by atoms with E-state index < -0.39 is 0 Å². The molecule has 104 valence electrons. The van der Waals surface area contributed by atoms with Crippen LogP contribution in [0.3, 0.4) is 0 Å². The second-order valence-corrected chi connectivity index (χ2v) is 6.26. The van der Waals surface area contributed by atoms with Crippen LogP contribution >= 0.6 is 23.4 Å². The molecule has 1 aliphatic heterocycles. The van der Waals surface area contributed by atoms with Gasteiger partial charge >= 0.3 is 0 Å². The maximum absolute atomic E-state index is 12.0. The molecule has 0 radical (unpaired) electrons. The highest BCUT2D eigenvalue weighted by molar-refractivity contribution is 7.99. The molecular formula is C14H19ClN2OS. The number of rotatable bonds is 4. The fourth-order valence-corrected chi connectivity index (χ4v) is 3.09. The molecule has 1 fully saturated rings. The summed E-state index contributed by atoms with van der Waals surface area (Å²) in [5, 5.41) is 0.745. The van der Waals surface area contributed by atoms with Gasteiger partial charge < -0.3 is 10.6 Å². The minimum absolute atomic E-state index is 0.228. The number of thioether (sulfide) groups is 1. The fourth-order valence-electron chi connectivity index (χ4n) is 2.08. The molecule has 0 saturated carbocycles. The van der Waals surface area contributed by atoms with Crippen molar-refractivity contribution in [3.8, 4) is 0 Å². The second-order valence-electron chi connectivity index (χ2n) is 4.84. The van der Waals surface area contributed by atoms with E-state index in [1.807, 2.05) is 29.2 Å². The van der Waals surface area contributed by atoms with E-state index >= 15 is 0 Å². The number of hydrogen-bond donors (Lipinski definition) is 1. The zero-order valence-electron chi connectivity index (χ0n) is 10.8. The number of carbonyl (C=O) groups is 1. The minimum atomic E-state index is 0.228. The molecule has 0 aliphatic carbocycles. The number of carbonyl (C=O) groups excluding carboxylic acids is 1. The molecule has 1 aromatic rings. The molecule has 2 rings (SSSR count). The van der Waals surface area contributed by atoms with Crippen molar-refractivity contribution in [1.82, 2.24) is 4.90 Å². The van der Waals surface area contributed by atoms with E-state index in [0.717, 1.165) is 36.7 Å². The Bertz CT molecular complexity index is 416. The summed E-state index contributed by atoms with van der Waals surface area (Å²) in [4.78, 5) is 13.9. The molecule has 1 saturated heterocycles. The Labute approximate surface area is 123 Å². The molecule has 1 heterocycles. The van der Waals surface area contributed by atoms with Gasteiger partial charge in [0, 0.05) is 29.9 Å². The van der Waals surface area contributed by atoms with Gasteiger partial charge in [-0.15, -0.1) is 11.8 Å². The molecule has 0 bridgehead atoms. The van der Waals surface area contributed by atoms with Gasteiger partial charge in [0.1, 0.15) is 0 Å². The van der Waals surface area contributed by atoms with Crippen molar-refractivity contribution in [2.45, 2.75) is 24.6 Å². The topological polar surface area (TPSA) is 46.3 Å². The highest BCUT2D eigenvalue weighted by Gasteiger charge is 2.19. The van der Waals surface area contributed by atoms with Crippen LogP contribution in [0.25, 0.3) is 0 Å². The molecule has 0 atom stereocenters. The summed E-state index contributed by atoms with van der Waals surface area (Å²) < 4.78 is 0. The van der Waals surface area contributed by atoms with Gasteiger partial charge in [-0.2, -0.15) is 0 Å². The first kappa shape index (κ1) is 14.7. The molecule has 3 nitrogen and oxygen atoms in total. The van der Waals surface area contributed by atoms with Crippen molar-refractivity contribution in [3.05, 3.63) is 34.9 Å². The van der Waals surface area contributed by atoms with Crippen LogP contribution in [0, 0.1) is 0 Å². The average molecular weight is 299 g/mol. The molecular weight excluding hydrogens is 280 g/mol. The van der Waals surface area contributed by atoms with Crippen LogP contribution < -0.4 is 5.73 Å². The zero-order valence-corrected chi connectivity index (χ0v) is 12.4. The second kappa shape index (κ2) is 7.17. The van der Waals surface area contributed by atoms with Gasteiger partial charge in [0.25, 0.3) is 0 Å². The molecule has 0 unspecified atom stereocenters. The first-order valence-electron chi connectivity index (χ1n) is 6.50. The Morgan fingerprint density at radius 2 is 1.95 bits per heavy atom. The number of nitrogens with two attached hydrogens (primary N) is 1. The van der Waals surface area contributed by atoms with Gasteiger partial charge in [0.05, 0.1) is 5.75 Å². The molecule has 1 aromatic carbocycles. The van der Waals surface area contributed by atoms with Crippen LogP contribution in [-0.4, -0.2) is 35.7 Å². The van der Waals surface area contributed by atoms with Gasteiger partial charge in [-0.25, -0.2) is 0 Å². The molecule has 19 heavy (non-hydrogen) atoms. The van der Waals surface area contributed by atoms with Crippen LogP contribution in [0.5, 0.6) is 0 Å². The minimum Gasteiger partial charge on any atom is -0.342 e. The van der Waals surface area contributed by atoms with Crippen molar-refractivity contribution in [1.29, 1.82) is 0 Å². The van der Waals surface area contributed by atoms with Crippen molar-refractivity contribution in [2.24, 2.45) is 5.73 Å². The molecule has 0 spiro atoms. The lowest BCUT2D eigenvalue weighted by molar-refractivity contribution is -0.129. The van der Waals surface area contributed by atoms with Crippen LogP contribution in [0.2, 0.25) is 5.02 Å². The predicted molar refractivity (Wildman–Crippen MR) is 81.4 cm³/mol. The number of piperidine rings is 1. The van der Waals surface area contributed by atoms with Crippen molar-refractivity contribution in [2.75, 3.05) is 18.8 Å². The zero-order chi connectivity index (χ0) is 13.7. The van der Waals surface area contributed by atoms with E-state index in [1.54, 1.807) is 11.8 Å². The standard InChI is InChI=1S/C14H19ClN2OS/c15-12-3-1-11(2-4-12)9-19-10-14(18)17-7-5-13(16)6-8-17/h1-4,13H,5-10,16H2. The summed E-state index contributed by atoms with van der Waals surface area (Å²) >= 11 is 7.48. The first-order chi connectivity index (χ1) is 9.15. The fraction of sp³-hybridized carbons (Fsp3) is 0.500. The van der Waals surface area contributed by atoms with Crippen LogP contribution in [0.4, 0.5) is 0 Å². The summed E-state index contributed by atoms with van der Waals surface area (Å²) in [7, 11) is 0. The smallest absolute Gasteiger partial charge is 0.232 e. The largest absolute Gasteiger partial charge is 0.342 e. The van der Waals surface area contributed by atoms with E-state index in [9.17, 15) is 4.79 Å². The Balaban J connectivity index is 1.70. The monoisotopic (exact) mass is 298 g/mol. The van der Waals surface area contributed by atoms with Crippen molar-refractivity contribution >= 4 is 29.3 Å². The van der Waals surface area contributed by atoms with Crippen molar-refractivity contribution in [3.63, 3.8) is 0 Å². The van der Waals surface area contributed by atoms with E-state index in [1.165, 1.54) is 5.56 Å². The third kappa shape index (κ3) is 4.71. The highest BCUT2D eigenvalue weighted by atomic mass is 35.5. The number of hydrogen-bond acceptors (Lipinski definition) is 3. The van der Waals surface area contributed by atoms with E-state index in [0.29, 0.717) is 5.75 Å². The number of likely N-dealkylation sites (tertiary alicyclic amines) is 1. The Kier molecular flexibility index (Phi) is 5.55. The lowest BCUT2D eigenvalue weighted by Gasteiger charge is -2.30. The summed E-state index contributed by atoms with van der Waals surface area (Å²) in [5.41, 5.74) is 7.03. The summed E-state index contributed by atoms with van der Waals surface area (Å²) in [6, 6.07) is 8.03. The third-order valence-corrected chi connectivity index (χ3v) is 4.54. The summed E-state index contributed by atoms with van der Waals surface area (Å²) in [6.45, 7) is 1.61. The molecule has 1 amide bonds. The summed E-state index contributed by atoms with van der Waals surface area (Å²) in [6.07, 6.45) is 1.85. The highest BCUT2D eigenvalue weighted by Crippen LogP contribution is 2.17. The van der Waals surface area contributed by atoms with Gasteiger partial charge in [-0.05, 0) is 30.5 Å². The predicted octanol–water partition coefficient (Wildman–Crippen LogP) is 2.52. The molecule has 2 N–H and O–H groups in total. The quantitative estimate of drug-likeness (QED) is 0.929. The number of halogens is 1. The number of benzene rings is 1. The van der Waals surface area contributed by atoms with Gasteiger partial charge in [0.15, 0.2) is 0 Å². The average Bonchev–Trinajstić information content (AvgIpc) is 2.41. The van der Waals surface area contributed by atoms with Gasteiger partial charge in [-0.1, -0.05) is 23.7 Å². The maximum Gasteiger partial charge on any atom is 0.232 e. The normalized spacial score (nSPS) is 16.6. The summed E-state index contributed by atoms with van der Waals surface area (Å²) in [5.74, 6) is 1.61. The SMILES string of the molecule is NC1CCN(C(=O)CSCc2ccc(Cl)cc2)CC1. The van der Waals surface area contributed by atoms with Crippen molar-refractivity contribution < 1.29 is 4.79 Å². The molecule has 1 aliphatic rings. The van der Waals surface area contributed by atoms with Gasteiger partial charge in [-0.3, -0.25) is 4.79 Å². The van der Waals surface area contributed by atoms with E-state index in [-0.39, 0.29) is 11.9 Å². The van der Waals surface area contributed by atoms with Gasteiger partial charge in [0.2, 0.25) is 5.91 Å². The number of amides is 1.